The van der Waals surface area contributed by atoms with Crippen LogP contribution in [0.2, 0.25) is 5.15 Å². The Kier molecular flexibility index (Phi) is 8.86. The number of guanidine groups is 1. The Morgan fingerprint density at radius 3 is 2.70 bits per heavy atom. The molecule has 23 heavy (non-hydrogen) atoms. The molecule has 2 aromatic rings. The van der Waals surface area contributed by atoms with Crippen molar-refractivity contribution in [1.82, 2.24) is 15.6 Å². The number of pyridine rings is 1. The third-order valence-electron chi connectivity index (χ3n) is 3.16. The van der Waals surface area contributed by atoms with Crippen LogP contribution in [0, 0.1) is 6.92 Å². The molecule has 0 fully saturated rings. The summed E-state index contributed by atoms with van der Waals surface area (Å²) >= 11 is 7.62. The highest BCUT2D eigenvalue weighted by Crippen LogP contribution is 2.16. The van der Waals surface area contributed by atoms with Crippen molar-refractivity contribution in [2.75, 3.05) is 7.05 Å². The summed E-state index contributed by atoms with van der Waals surface area (Å²) in [5.41, 5.74) is 1.06. The van der Waals surface area contributed by atoms with Gasteiger partial charge in [0.2, 0.25) is 0 Å². The Morgan fingerprint density at radius 2 is 2.13 bits per heavy atom. The van der Waals surface area contributed by atoms with E-state index in [4.69, 9.17) is 11.6 Å². The summed E-state index contributed by atoms with van der Waals surface area (Å²) in [6.45, 7) is 4.95. The summed E-state index contributed by atoms with van der Waals surface area (Å²) in [5.74, 6) is 0.788. The van der Waals surface area contributed by atoms with Crippen molar-refractivity contribution in [3.05, 3.63) is 50.9 Å². The fourth-order valence-corrected chi connectivity index (χ4v) is 3.20. The molecule has 7 heteroatoms. The van der Waals surface area contributed by atoms with Gasteiger partial charge in [0, 0.05) is 42.0 Å². The Labute approximate surface area is 163 Å². The summed E-state index contributed by atoms with van der Waals surface area (Å²) in [5, 5.41) is 7.20. The van der Waals surface area contributed by atoms with E-state index in [2.05, 4.69) is 46.6 Å². The van der Waals surface area contributed by atoms with Gasteiger partial charge in [0.25, 0.3) is 0 Å². The summed E-state index contributed by atoms with van der Waals surface area (Å²) in [4.78, 5) is 11.1. The van der Waals surface area contributed by atoms with Crippen LogP contribution in [-0.2, 0) is 13.0 Å². The minimum absolute atomic E-state index is 0. The molecular weight excluding hydrogens is 443 g/mol. The first-order valence-electron chi connectivity index (χ1n) is 7.19. The molecule has 126 valence electrons. The van der Waals surface area contributed by atoms with Crippen LogP contribution in [-0.4, -0.2) is 24.0 Å². The van der Waals surface area contributed by atoms with Crippen LogP contribution < -0.4 is 10.6 Å². The molecule has 2 N–H and O–H groups in total. The number of aromatic nitrogens is 1. The van der Waals surface area contributed by atoms with Crippen molar-refractivity contribution in [2.45, 2.75) is 32.9 Å². The molecule has 4 nitrogen and oxygen atoms in total. The molecule has 1 atom stereocenters. The maximum Gasteiger partial charge on any atom is 0.191 e. The topological polar surface area (TPSA) is 49.3 Å². The van der Waals surface area contributed by atoms with Crippen molar-refractivity contribution in [1.29, 1.82) is 0 Å². The van der Waals surface area contributed by atoms with Gasteiger partial charge in [-0.25, -0.2) is 4.98 Å². The van der Waals surface area contributed by atoms with Gasteiger partial charge in [0.1, 0.15) is 5.15 Å². The third-order valence-corrected chi connectivity index (χ3v) is 4.41. The van der Waals surface area contributed by atoms with E-state index in [9.17, 15) is 0 Å². The molecule has 0 aromatic carbocycles. The summed E-state index contributed by atoms with van der Waals surface area (Å²) in [6.07, 6.45) is 2.75. The van der Waals surface area contributed by atoms with Gasteiger partial charge in [-0.15, -0.1) is 35.3 Å². The molecule has 0 aliphatic heterocycles. The van der Waals surface area contributed by atoms with Crippen LogP contribution in [0.3, 0.4) is 0 Å². The number of aryl methyl sites for hydroxylation is 1. The minimum Gasteiger partial charge on any atom is -0.354 e. The first-order valence-corrected chi connectivity index (χ1v) is 8.39. The smallest absolute Gasteiger partial charge is 0.191 e. The monoisotopic (exact) mass is 464 g/mol. The van der Waals surface area contributed by atoms with Gasteiger partial charge in [-0.1, -0.05) is 17.7 Å². The van der Waals surface area contributed by atoms with E-state index in [-0.39, 0.29) is 24.0 Å². The first kappa shape index (κ1) is 20.2. The second-order valence-corrected chi connectivity index (χ2v) is 6.94. The maximum absolute atomic E-state index is 5.78. The average molecular weight is 465 g/mol. The van der Waals surface area contributed by atoms with Crippen LogP contribution in [0.25, 0.3) is 0 Å². The molecule has 0 bridgehead atoms. The van der Waals surface area contributed by atoms with Crippen LogP contribution in [0.5, 0.6) is 0 Å². The number of thiophene rings is 1. The van der Waals surface area contributed by atoms with E-state index in [0.29, 0.717) is 17.7 Å². The number of rotatable bonds is 5. The molecule has 0 radical (unpaired) electrons. The normalized spacial score (nSPS) is 12.4. The van der Waals surface area contributed by atoms with E-state index in [0.717, 1.165) is 17.9 Å². The van der Waals surface area contributed by atoms with Gasteiger partial charge in [-0.05, 0) is 37.6 Å². The minimum atomic E-state index is 0. The number of nitrogens with one attached hydrogen (secondary N) is 2. The van der Waals surface area contributed by atoms with Crippen molar-refractivity contribution in [2.24, 2.45) is 4.99 Å². The lowest BCUT2D eigenvalue weighted by atomic mass is 10.2. The number of hydrogen-bond donors (Lipinski definition) is 2. The molecule has 0 aliphatic rings. The van der Waals surface area contributed by atoms with Gasteiger partial charge in [0.05, 0.1) is 0 Å². The predicted molar refractivity (Wildman–Crippen MR) is 110 cm³/mol. The lowest BCUT2D eigenvalue weighted by Crippen LogP contribution is -2.42. The summed E-state index contributed by atoms with van der Waals surface area (Å²) < 4.78 is 0. The van der Waals surface area contributed by atoms with E-state index >= 15 is 0 Å². The predicted octanol–water partition coefficient (Wildman–Crippen LogP) is 4.02. The Balaban J connectivity index is 0.00000264. The number of halogens is 2. The number of hydrogen-bond acceptors (Lipinski definition) is 3. The molecule has 0 aliphatic carbocycles. The van der Waals surface area contributed by atoms with Crippen molar-refractivity contribution >= 4 is 52.9 Å². The molecule has 2 aromatic heterocycles. The zero-order valence-corrected chi connectivity index (χ0v) is 17.4. The van der Waals surface area contributed by atoms with E-state index in [1.807, 2.05) is 17.4 Å². The number of aliphatic imine (C=N–C) groups is 1. The highest BCUT2D eigenvalue weighted by molar-refractivity contribution is 14.0. The van der Waals surface area contributed by atoms with Gasteiger partial charge >= 0.3 is 0 Å². The van der Waals surface area contributed by atoms with Crippen LogP contribution >= 0.6 is 46.9 Å². The van der Waals surface area contributed by atoms with Crippen LogP contribution in [0.1, 0.15) is 22.2 Å². The maximum atomic E-state index is 5.78. The van der Waals surface area contributed by atoms with Crippen molar-refractivity contribution in [3.8, 4) is 0 Å². The van der Waals surface area contributed by atoms with E-state index in [1.54, 1.807) is 19.3 Å². The molecule has 0 amide bonds. The molecule has 1 unspecified atom stereocenters. The molecule has 0 saturated carbocycles. The highest BCUT2D eigenvalue weighted by Gasteiger charge is 2.07. The lowest BCUT2D eigenvalue weighted by Gasteiger charge is -2.17. The zero-order valence-electron chi connectivity index (χ0n) is 13.5. The first-order chi connectivity index (χ1) is 10.6. The number of nitrogens with zero attached hydrogens (tertiary/aromatic N) is 2. The Morgan fingerprint density at radius 1 is 1.35 bits per heavy atom. The van der Waals surface area contributed by atoms with E-state index in [1.165, 1.54) is 9.75 Å². The standard InChI is InChI=1S/C16H21ClN4S.HI/c1-11(8-14-6-4-12(2)22-14)21-16(18-3)20-10-13-5-7-15(17)19-9-13;/h4-7,9,11H,8,10H2,1-3H3,(H2,18,20,21);1H. The van der Waals surface area contributed by atoms with Crippen LogP contribution in [0.15, 0.2) is 35.5 Å². The van der Waals surface area contributed by atoms with Crippen molar-refractivity contribution < 1.29 is 0 Å². The Bertz CT molecular complexity index is 627. The summed E-state index contributed by atoms with van der Waals surface area (Å²) in [7, 11) is 1.78. The van der Waals surface area contributed by atoms with Gasteiger partial charge in [-0.2, -0.15) is 0 Å². The molecular formula is C16H22ClIN4S. The van der Waals surface area contributed by atoms with Crippen molar-refractivity contribution in [3.63, 3.8) is 0 Å². The highest BCUT2D eigenvalue weighted by atomic mass is 127. The van der Waals surface area contributed by atoms with Gasteiger partial charge in [-0.3, -0.25) is 4.99 Å². The second-order valence-electron chi connectivity index (χ2n) is 5.18. The quantitative estimate of drug-likeness (QED) is 0.304. The largest absolute Gasteiger partial charge is 0.354 e. The lowest BCUT2D eigenvalue weighted by molar-refractivity contribution is 0.644. The average Bonchev–Trinajstić information content (AvgIpc) is 2.90. The van der Waals surface area contributed by atoms with E-state index < -0.39 is 0 Å². The summed E-state index contributed by atoms with van der Waals surface area (Å²) in [6, 6.07) is 8.40. The molecule has 2 heterocycles. The Hall–Kier alpha value is -0.860. The third kappa shape index (κ3) is 7.05. The van der Waals surface area contributed by atoms with Gasteiger partial charge in [0.15, 0.2) is 5.96 Å². The zero-order chi connectivity index (χ0) is 15.9. The SMILES string of the molecule is CN=C(NCc1ccc(Cl)nc1)NC(C)Cc1ccc(C)s1.I. The molecule has 0 spiro atoms. The fraction of sp³-hybridized carbons (Fsp3) is 0.375. The molecule has 2 rings (SSSR count). The fourth-order valence-electron chi connectivity index (χ4n) is 2.07. The van der Waals surface area contributed by atoms with Crippen LogP contribution in [0.4, 0.5) is 0 Å². The second kappa shape index (κ2) is 10.1. The van der Waals surface area contributed by atoms with Gasteiger partial charge < -0.3 is 10.6 Å². The molecule has 0 saturated heterocycles.